The number of rotatable bonds is 3. The molecule has 2 N–H and O–H groups in total. The van der Waals surface area contributed by atoms with Crippen LogP contribution in [0.15, 0.2) is 16.6 Å². The Morgan fingerprint density at radius 3 is 2.71 bits per heavy atom. The summed E-state index contributed by atoms with van der Waals surface area (Å²) in [5.41, 5.74) is 6.89. The molecule has 0 aliphatic heterocycles. The molecule has 0 bridgehead atoms. The van der Waals surface area contributed by atoms with Crippen molar-refractivity contribution in [3.8, 4) is 10.7 Å². The Morgan fingerprint density at radius 1 is 1.35 bits per heavy atom. The number of anilines is 1. The van der Waals surface area contributed by atoms with Crippen molar-refractivity contribution in [1.82, 2.24) is 9.97 Å². The Hall–Kier alpha value is -0.940. The topological polar surface area (TPSA) is 51.8 Å². The number of nitrogen functional groups attached to an aromatic ring is 1. The zero-order valence-corrected chi connectivity index (χ0v) is 12.2. The van der Waals surface area contributed by atoms with E-state index in [0.29, 0.717) is 5.82 Å². The van der Waals surface area contributed by atoms with Crippen LogP contribution >= 0.6 is 27.3 Å². The van der Waals surface area contributed by atoms with Gasteiger partial charge in [-0.25, -0.2) is 9.97 Å². The lowest BCUT2D eigenvalue weighted by Gasteiger charge is -2.06. The molecule has 0 fully saturated rings. The summed E-state index contributed by atoms with van der Waals surface area (Å²) in [4.78, 5) is 11.2. The summed E-state index contributed by atoms with van der Waals surface area (Å²) in [6, 6.07) is 4.11. The SMILES string of the molecule is CCCc1nc(-c2ccc(C)s2)nc(N)c1Br. The van der Waals surface area contributed by atoms with E-state index in [1.165, 1.54) is 4.88 Å². The minimum atomic E-state index is 0.518. The van der Waals surface area contributed by atoms with Crippen LogP contribution in [0.3, 0.4) is 0 Å². The first kappa shape index (κ1) is 12.5. The van der Waals surface area contributed by atoms with Crippen LogP contribution < -0.4 is 5.73 Å². The first-order valence-electron chi connectivity index (χ1n) is 5.50. The van der Waals surface area contributed by atoms with Gasteiger partial charge in [0, 0.05) is 4.88 Å². The van der Waals surface area contributed by atoms with E-state index in [2.05, 4.69) is 45.8 Å². The Morgan fingerprint density at radius 2 is 2.12 bits per heavy atom. The fourth-order valence-electron chi connectivity index (χ4n) is 1.58. The highest BCUT2D eigenvalue weighted by Gasteiger charge is 2.11. The quantitative estimate of drug-likeness (QED) is 0.937. The van der Waals surface area contributed by atoms with Crippen LogP contribution in [0, 0.1) is 6.92 Å². The highest BCUT2D eigenvalue weighted by molar-refractivity contribution is 9.10. The van der Waals surface area contributed by atoms with E-state index in [-0.39, 0.29) is 0 Å². The van der Waals surface area contributed by atoms with Gasteiger partial charge in [0.05, 0.1) is 15.0 Å². The van der Waals surface area contributed by atoms with Crippen molar-refractivity contribution in [2.45, 2.75) is 26.7 Å². The lowest BCUT2D eigenvalue weighted by molar-refractivity contribution is 0.870. The molecule has 2 aromatic heterocycles. The van der Waals surface area contributed by atoms with E-state index in [0.717, 1.165) is 33.7 Å². The molecule has 2 heterocycles. The Bertz CT molecular complexity index is 537. The Labute approximate surface area is 113 Å². The number of aromatic nitrogens is 2. The number of aryl methyl sites for hydroxylation is 2. The first-order chi connectivity index (χ1) is 8.11. The average Bonchev–Trinajstić information content (AvgIpc) is 2.71. The van der Waals surface area contributed by atoms with Gasteiger partial charge < -0.3 is 5.73 Å². The summed E-state index contributed by atoms with van der Waals surface area (Å²) in [7, 11) is 0. The summed E-state index contributed by atoms with van der Waals surface area (Å²) in [6.45, 7) is 4.20. The first-order valence-corrected chi connectivity index (χ1v) is 7.11. The lowest BCUT2D eigenvalue weighted by atomic mass is 10.2. The number of thiophene rings is 1. The molecule has 0 aliphatic carbocycles. The average molecular weight is 312 g/mol. The predicted molar refractivity (Wildman–Crippen MR) is 76.2 cm³/mol. The zero-order valence-electron chi connectivity index (χ0n) is 9.83. The van der Waals surface area contributed by atoms with Crippen molar-refractivity contribution in [3.63, 3.8) is 0 Å². The fraction of sp³-hybridized carbons (Fsp3) is 0.333. The van der Waals surface area contributed by atoms with Gasteiger partial charge in [0.2, 0.25) is 0 Å². The van der Waals surface area contributed by atoms with Crippen LogP contribution in [0.2, 0.25) is 0 Å². The molecule has 0 aromatic carbocycles. The number of hydrogen-bond donors (Lipinski definition) is 1. The molecule has 5 heteroatoms. The van der Waals surface area contributed by atoms with Crippen LogP contribution in [0.4, 0.5) is 5.82 Å². The third kappa shape index (κ3) is 2.66. The molecule has 0 aliphatic rings. The summed E-state index contributed by atoms with van der Waals surface area (Å²) >= 11 is 5.13. The molecule has 0 amide bonds. The van der Waals surface area contributed by atoms with Gasteiger partial charge in [0.25, 0.3) is 0 Å². The van der Waals surface area contributed by atoms with Crippen molar-refractivity contribution in [1.29, 1.82) is 0 Å². The van der Waals surface area contributed by atoms with Gasteiger partial charge in [0.1, 0.15) is 5.82 Å². The maximum absolute atomic E-state index is 5.90. The molecule has 0 radical (unpaired) electrons. The standard InChI is InChI=1S/C12H14BrN3S/c1-3-4-8-10(13)11(14)16-12(15-8)9-6-5-7(2)17-9/h5-6H,3-4H2,1-2H3,(H2,14,15,16). The molecule has 0 atom stereocenters. The van der Waals surface area contributed by atoms with Gasteiger partial charge in [-0.15, -0.1) is 11.3 Å². The molecular weight excluding hydrogens is 298 g/mol. The zero-order chi connectivity index (χ0) is 12.4. The van der Waals surface area contributed by atoms with Gasteiger partial charge in [-0.05, 0) is 41.4 Å². The van der Waals surface area contributed by atoms with Crippen molar-refractivity contribution >= 4 is 33.1 Å². The Balaban J connectivity index is 2.48. The number of halogens is 1. The van der Waals surface area contributed by atoms with E-state index < -0.39 is 0 Å². The number of hydrogen-bond acceptors (Lipinski definition) is 4. The van der Waals surface area contributed by atoms with Crippen LogP contribution in [0.5, 0.6) is 0 Å². The summed E-state index contributed by atoms with van der Waals surface area (Å²) in [5, 5.41) is 0. The van der Waals surface area contributed by atoms with Crippen molar-refractivity contribution in [2.75, 3.05) is 5.73 Å². The van der Waals surface area contributed by atoms with E-state index in [1.54, 1.807) is 11.3 Å². The second-order valence-corrected chi connectivity index (χ2v) is 5.93. The van der Waals surface area contributed by atoms with Crippen LogP contribution in [-0.2, 0) is 6.42 Å². The molecule has 0 saturated carbocycles. The van der Waals surface area contributed by atoms with E-state index in [9.17, 15) is 0 Å². The van der Waals surface area contributed by atoms with E-state index >= 15 is 0 Å². The van der Waals surface area contributed by atoms with Crippen LogP contribution in [0.1, 0.15) is 23.9 Å². The molecule has 17 heavy (non-hydrogen) atoms. The van der Waals surface area contributed by atoms with Crippen molar-refractivity contribution in [3.05, 3.63) is 27.2 Å². The molecule has 0 spiro atoms. The second-order valence-electron chi connectivity index (χ2n) is 3.85. The van der Waals surface area contributed by atoms with Crippen molar-refractivity contribution < 1.29 is 0 Å². The fourth-order valence-corrected chi connectivity index (χ4v) is 2.76. The number of nitrogens with two attached hydrogens (primary N) is 1. The minimum Gasteiger partial charge on any atom is -0.383 e. The van der Waals surface area contributed by atoms with Crippen molar-refractivity contribution in [2.24, 2.45) is 0 Å². The second kappa shape index (κ2) is 5.14. The molecule has 90 valence electrons. The summed E-state index contributed by atoms with van der Waals surface area (Å²) in [6.07, 6.45) is 1.95. The maximum atomic E-state index is 5.90. The monoisotopic (exact) mass is 311 g/mol. The van der Waals surface area contributed by atoms with E-state index in [1.807, 2.05) is 6.07 Å². The molecule has 2 aromatic rings. The molecule has 3 nitrogen and oxygen atoms in total. The molecule has 0 unspecified atom stereocenters. The number of nitrogens with zero attached hydrogens (tertiary/aromatic N) is 2. The van der Waals surface area contributed by atoms with Gasteiger partial charge in [-0.1, -0.05) is 13.3 Å². The predicted octanol–water partition coefficient (Wildman–Crippen LogP) is 3.81. The normalized spacial score (nSPS) is 10.8. The summed E-state index contributed by atoms with van der Waals surface area (Å²) < 4.78 is 0.830. The third-order valence-corrected chi connectivity index (χ3v) is 4.25. The van der Waals surface area contributed by atoms with Gasteiger partial charge >= 0.3 is 0 Å². The molecule has 0 saturated heterocycles. The van der Waals surface area contributed by atoms with Gasteiger partial charge in [-0.3, -0.25) is 0 Å². The summed E-state index contributed by atoms with van der Waals surface area (Å²) in [5.74, 6) is 1.25. The molecule has 2 rings (SSSR count). The van der Waals surface area contributed by atoms with E-state index in [4.69, 9.17) is 5.73 Å². The highest BCUT2D eigenvalue weighted by Crippen LogP contribution is 2.29. The third-order valence-electron chi connectivity index (χ3n) is 2.39. The lowest BCUT2D eigenvalue weighted by Crippen LogP contribution is -2.02. The van der Waals surface area contributed by atoms with Gasteiger partial charge in [-0.2, -0.15) is 0 Å². The molecular formula is C12H14BrN3S. The maximum Gasteiger partial charge on any atom is 0.171 e. The largest absolute Gasteiger partial charge is 0.383 e. The highest BCUT2D eigenvalue weighted by atomic mass is 79.9. The minimum absolute atomic E-state index is 0.518. The smallest absolute Gasteiger partial charge is 0.171 e. The van der Waals surface area contributed by atoms with Crippen LogP contribution in [0.25, 0.3) is 10.7 Å². The van der Waals surface area contributed by atoms with Gasteiger partial charge in [0.15, 0.2) is 5.82 Å². The van der Waals surface area contributed by atoms with Crippen LogP contribution in [-0.4, -0.2) is 9.97 Å². The Kier molecular flexibility index (Phi) is 3.79.